The summed E-state index contributed by atoms with van der Waals surface area (Å²) in [7, 11) is -3.58. The van der Waals surface area contributed by atoms with Crippen molar-refractivity contribution in [1.29, 1.82) is 5.26 Å². The van der Waals surface area contributed by atoms with Crippen LogP contribution in [0.5, 0.6) is 0 Å². The minimum atomic E-state index is -3.58. The Labute approximate surface area is 148 Å². The van der Waals surface area contributed by atoms with Gasteiger partial charge in [-0.15, -0.1) is 11.8 Å². The van der Waals surface area contributed by atoms with Gasteiger partial charge < -0.3 is 0 Å². The third-order valence-electron chi connectivity index (χ3n) is 3.59. The quantitative estimate of drug-likeness (QED) is 0.775. The standard InChI is InChI=1S/C16H13BrN2O2S2/c17-14-5-3-13(4-6-14)16-19(9-10-22-16)23(20,21)15-7-1-12(11-18)2-8-15/h1-8,16H,9-10H2. The van der Waals surface area contributed by atoms with E-state index in [0.717, 1.165) is 15.8 Å². The van der Waals surface area contributed by atoms with Gasteiger partial charge in [0.15, 0.2) is 0 Å². The molecule has 4 nitrogen and oxygen atoms in total. The van der Waals surface area contributed by atoms with Crippen LogP contribution in [-0.4, -0.2) is 25.0 Å². The van der Waals surface area contributed by atoms with Crippen LogP contribution >= 0.6 is 27.7 Å². The lowest BCUT2D eigenvalue weighted by atomic mass is 10.2. The van der Waals surface area contributed by atoms with Crippen LogP contribution < -0.4 is 0 Å². The van der Waals surface area contributed by atoms with Gasteiger partial charge in [0.1, 0.15) is 0 Å². The van der Waals surface area contributed by atoms with Gasteiger partial charge in [-0.25, -0.2) is 8.42 Å². The van der Waals surface area contributed by atoms with Gasteiger partial charge in [0.05, 0.1) is 21.9 Å². The summed E-state index contributed by atoms with van der Waals surface area (Å²) in [4.78, 5) is 0.223. The van der Waals surface area contributed by atoms with Crippen molar-refractivity contribution in [2.45, 2.75) is 10.3 Å². The third-order valence-corrected chi connectivity index (χ3v) is 7.40. The van der Waals surface area contributed by atoms with Crippen LogP contribution in [0, 0.1) is 11.3 Å². The largest absolute Gasteiger partial charge is 0.244 e. The number of hydrogen-bond donors (Lipinski definition) is 0. The van der Waals surface area contributed by atoms with Crippen LogP contribution in [0.1, 0.15) is 16.5 Å². The number of nitriles is 1. The highest BCUT2D eigenvalue weighted by Gasteiger charge is 2.36. The van der Waals surface area contributed by atoms with Crippen molar-refractivity contribution in [3.63, 3.8) is 0 Å². The zero-order valence-corrected chi connectivity index (χ0v) is 15.2. The first-order valence-corrected chi connectivity index (χ1v) is 10.2. The fraction of sp³-hybridized carbons (Fsp3) is 0.188. The van der Waals surface area contributed by atoms with E-state index < -0.39 is 10.0 Å². The summed E-state index contributed by atoms with van der Waals surface area (Å²) in [6, 6.07) is 15.8. The van der Waals surface area contributed by atoms with Gasteiger partial charge in [0.25, 0.3) is 0 Å². The fourth-order valence-electron chi connectivity index (χ4n) is 2.43. The molecule has 1 fully saturated rings. The van der Waals surface area contributed by atoms with Gasteiger partial charge in [-0.3, -0.25) is 0 Å². The van der Waals surface area contributed by atoms with Crippen LogP contribution in [0.3, 0.4) is 0 Å². The van der Waals surface area contributed by atoms with Gasteiger partial charge in [-0.05, 0) is 42.0 Å². The Morgan fingerprint density at radius 2 is 1.78 bits per heavy atom. The molecule has 0 spiro atoms. The topological polar surface area (TPSA) is 61.2 Å². The van der Waals surface area contributed by atoms with Gasteiger partial charge in [0, 0.05) is 16.8 Å². The average molecular weight is 409 g/mol. The molecule has 0 aliphatic carbocycles. The van der Waals surface area contributed by atoms with Crippen LogP contribution in [-0.2, 0) is 10.0 Å². The lowest BCUT2D eigenvalue weighted by Gasteiger charge is -2.23. The Kier molecular flexibility index (Phi) is 4.78. The maximum Gasteiger partial charge on any atom is 0.244 e. The van der Waals surface area contributed by atoms with E-state index in [1.54, 1.807) is 11.8 Å². The first-order valence-electron chi connectivity index (χ1n) is 6.91. The van der Waals surface area contributed by atoms with E-state index in [4.69, 9.17) is 5.26 Å². The Balaban J connectivity index is 1.94. The molecule has 0 saturated carbocycles. The van der Waals surface area contributed by atoms with Gasteiger partial charge >= 0.3 is 0 Å². The molecular formula is C16H13BrN2O2S2. The van der Waals surface area contributed by atoms with Crippen molar-refractivity contribution in [2.75, 3.05) is 12.3 Å². The molecule has 1 heterocycles. The van der Waals surface area contributed by atoms with Crippen LogP contribution in [0.15, 0.2) is 57.9 Å². The van der Waals surface area contributed by atoms with E-state index in [1.807, 2.05) is 30.3 Å². The van der Waals surface area contributed by atoms with Crippen molar-refractivity contribution in [1.82, 2.24) is 4.31 Å². The molecule has 2 aromatic rings. The van der Waals surface area contributed by atoms with E-state index in [9.17, 15) is 8.42 Å². The molecule has 3 rings (SSSR count). The number of sulfonamides is 1. The molecule has 118 valence electrons. The molecule has 0 aromatic heterocycles. The lowest BCUT2D eigenvalue weighted by molar-refractivity contribution is 0.434. The zero-order valence-electron chi connectivity index (χ0n) is 12.0. The van der Waals surface area contributed by atoms with Crippen molar-refractivity contribution in [3.8, 4) is 6.07 Å². The molecule has 0 amide bonds. The Morgan fingerprint density at radius 1 is 1.13 bits per heavy atom. The smallest absolute Gasteiger partial charge is 0.207 e. The van der Waals surface area contributed by atoms with E-state index in [-0.39, 0.29) is 10.3 Å². The van der Waals surface area contributed by atoms with E-state index >= 15 is 0 Å². The summed E-state index contributed by atoms with van der Waals surface area (Å²) in [5, 5.41) is 8.62. The number of benzene rings is 2. The molecule has 1 aliphatic heterocycles. The monoisotopic (exact) mass is 408 g/mol. The summed E-state index contributed by atoms with van der Waals surface area (Å²) in [6.07, 6.45) is 0. The van der Waals surface area contributed by atoms with Crippen molar-refractivity contribution >= 4 is 37.7 Å². The lowest BCUT2D eigenvalue weighted by Crippen LogP contribution is -2.30. The normalized spacial score (nSPS) is 18.7. The summed E-state index contributed by atoms with van der Waals surface area (Å²) < 4.78 is 28.3. The number of thioether (sulfide) groups is 1. The SMILES string of the molecule is N#Cc1ccc(S(=O)(=O)N2CCSC2c2ccc(Br)cc2)cc1. The number of rotatable bonds is 3. The molecule has 7 heteroatoms. The molecule has 1 saturated heterocycles. The van der Waals surface area contributed by atoms with E-state index in [0.29, 0.717) is 12.1 Å². The average Bonchev–Trinajstić information content (AvgIpc) is 3.06. The second kappa shape index (κ2) is 6.65. The number of halogens is 1. The zero-order chi connectivity index (χ0) is 16.4. The fourth-order valence-corrected chi connectivity index (χ4v) is 5.93. The molecule has 0 radical (unpaired) electrons. The molecule has 0 N–H and O–H groups in total. The molecule has 1 aliphatic rings. The molecular weight excluding hydrogens is 396 g/mol. The summed E-state index contributed by atoms with van der Waals surface area (Å²) in [6.45, 7) is 0.480. The van der Waals surface area contributed by atoms with E-state index in [2.05, 4.69) is 15.9 Å². The van der Waals surface area contributed by atoms with Gasteiger partial charge in [0.2, 0.25) is 10.0 Å². The molecule has 0 bridgehead atoms. The Hall–Kier alpha value is -1.33. The molecule has 1 unspecified atom stereocenters. The summed E-state index contributed by atoms with van der Waals surface area (Å²) in [5.41, 5.74) is 1.41. The van der Waals surface area contributed by atoms with Crippen molar-refractivity contribution in [2.24, 2.45) is 0 Å². The molecule has 1 atom stereocenters. The summed E-state index contributed by atoms with van der Waals surface area (Å²) >= 11 is 5.01. The predicted molar refractivity (Wildman–Crippen MR) is 94.4 cm³/mol. The van der Waals surface area contributed by atoms with Gasteiger partial charge in [-0.1, -0.05) is 28.1 Å². The van der Waals surface area contributed by atoms with Crippen LogP contribution in [0.2, 0.25) is 0 Å². The highest BCUT2D eigenvalue weighted by atomic mass is 79.9. The Bertz CT molecular complexity index is 843. The maximum absolute atomic E-state index is 12.9. The molecule has 2 aromatic carbocycles. The van der Waals surface area contributed by atoms with E-state index in [1.165, 1.54) is 28.6 Å². The minimum absolute atomic E-state index is 0.219. The van der Waals surface area contributed by atoms with Gasteiger partial charge in [-0.2, -0.15) is 9.57 Å². The minimum Gasteiger partial charge on any atom is -0.207 e. The highest BCUT2D eigenvalue weighted by molar-refractivity contribution is 9.10. The van der Waals surface area contributed by atoms with Crippen LogP contribution in [0.25, 0.3) is 0 Å². The number of nitrogens with zero attached hydrogens (tertiary/aromatic N) is 2. The summed E-state index contributed by atoms with van der Waals surface area (Å²) in [5.74, 6) is 0.760. The third kappa shape index (κ3) is 3.31. The first-order chi connectivity index (χ1) is 11.0. The first kappa shape index (κ1) is 16.5. The van der Waals surface area contributed by atoms with Crippen molar-refractivity contribution in [3.05, 3.63) is 64.1 Å². The number of hydrogen-bond acceptors (Lipinski definition) is 4. The predicted octanol–water partition coefficient (Wildman–Crippen LogP) is 3.76. The van der Waals surface area contributed by atoms with Crippen LogP contribution in [0.4, 0.5) is 0 Å². The highest BCUT2D eigenvalue weighted by Crippen LogP contribution is 2.41. The molecule has 23 heavy (non-hydrogen) atoms. The van der Waals surface area contributed by atoms with Crippen molar-refractivity contribution < 1.29 is 8.42 Å². The second-order valence-corrected chi connectivity index (χ2v) is 9.02. The Morgan fingerprint density at radius 3 is 2.39 bits per heavy atom. The second-order valence-electron chi connectivity index (χ2n) is 5.03. The maximum atomic E-state index is 12.9.